The number of nitrogens with zero attached hydrogens (tertiary/aromatic N) is 1. The lowest BCUT2D eigenvalue weighted by atomic mass is 9.97. The fraction of sp³-hybridized carbons (Fsp3) is 0.444. The number of rotatable bonds is 4. The normalized spacial score (nSPS) is 17.9. The zero-order chi connectivity index (χ0) is 17.1. The first kappa shape index (κ1) is 16.5. The fourth-order valence-corrected chi connectivity index (χ4v) is 3.33. The molecule has 2 heterocycles. The second-order valence-electron chi connectivity index (χ2n) is 6.06. The van der Waals surface area contributed by atoms with Gasteiger partial charge in [0.2, 0.25) is 5.91 Å². The minimum absolute atomic E-state index is 0.0465. The minimum atomic E-state index is -0.482. The SMILES string of the molecule is CCNC(=O)C[C@H]1CCCCN1C(=O)c1ccc(F)c2occc12. The van der Waals surface area contributed by atoms with Gasteiger partial charge in [-0.3, -0.25) is 9.59 Å². The maximum Gasteiger partial charge on any atom is 0.254 e. The van der Waals surface area contributed by atoms with Crippen molar-refractivity contribution in [3.05, 3.63) is 35.8 Å². The number of carbonyl (C=O) groups excluding carboxylic acids is 2. The van der Waals surface area contributed by atoms with Crippen molar-refractivity contribution < 1.29 is 18.4 Å². The summed E-state index contributed by atoms with van der Waals surface area (Å²) in [4.78, 5) is 26.7. The standard InChI is InChI=1S/C18H21FN2O3/c1-2-20-16(22)11-12-5-3-4-9-21(12)18(23)14-6-7-15(19)17-13(14)8-10-24-17/h6-8,10,12H,2-5,9,11H2,1H3,(H,20,22)/t12-/m1/s1. The van der Waals surface area contributed by atoms with Crippen LogP contribution in [0.2, 0.25) is 0 Å². The van der Waals surface area contributed by atoms with Crippen molar-refractivity contribution in [3.63, 3.8) is 0 Å². The van der Waals surface area contributed by atoms with Gasteiger partial charge in [0.1, 0.15) is 0 Å². The van der Waals surface area contributed by atoms with Gasteiger partial charge in [-0.25, -0.2) is 4.39 Å². The number of hydrogen-bond acceptors (Lipinski definition) is 3. The lowest BCUT2D eigenvalue weighted by Crippen LogP contribution is -2.46. The Hall–Kier alpha value is -2.37. The van der Waals surface area contributed by atoms with E-state index in [1.807, 2.05) is 6.92 Å². The molecule has 0 saturated carbocycles. The van der Waals surface area contributed by atoms with Crippen molar-refractivity contribution in [2.75, 3.05) is 13.1 Å². The van der Waals surface area contributed by atoms with Gasteiger partial charge < -0.3 is 14.6 Å². The zero-order valence-electron chi connectivity index (χ0n) is 13.7. The molecule has 0 bridgehead atoms. The first-order chi connectivity index (χ1) is 11.6. The van der Waals surface area contributed by atoms with Crippen LogP contribution in [0.3, 0.4) is 0 Å². The molecule has 1 fully saturated rings. The van der Waals surface area contributed by atoms with E-state index in [0.717, 1.165) is 19.3 Å². The third-order valence-corrected chi connectivity index (χ3v) is 4.48. The Balaban J connectivity index is 1.87. The van der Waals surface area contributed by atoms with E-state index in [0.29, 0.717) is 30.5 Å². The fourth-order valence-electron chi connectivity index (χ4n) is 3.33. The lowest BCUT2D eigenvalue weighted by Gasteiger charge is -2.35. The van der Waals surface area contributed by atoms with E-state index < -0.39 is 5.82 Å². The third-order valence-electron chi connectivity index (χ3n) is 4.48. The van der Waals surface area contributed by atoms with Crippen LogP contribution in [0, 0.1) is 5.82 Å². The molecular weight excluding hydrogens is 311 g/mol. The summed E-state index contributed by atoms with van der Waals surface area (Å²) in [5.74, 6) is -0.700. The molecule has 2 amide bonds. The van der Waals surface area contributed by atoms with Crippen LogP contribution in [-0.4, -0.2) is 35.8 Å². The monoisotopic (exact) mass is 332 g/mol. The Morgan fingerprint density at radius 1 is 1.33 bits per heavy atom. The van der Waals surface area contributed by atoms with Crippen LogP contribution in [0.25, 0.3) is 11.0 Å². The van der Waals surface area contributed by atoms with Crippen LogP contribution in [0.1, 0.15) is 43.0 Å². The van der Waals surface area contributed by atoms with Gasteiger partial charge >= 0.3 is 0 Å². The number of furan rings is 1. The van der Waals surface area contributed by atoms with Gasteiger partial charge in [-0.2, -0.15) is 0 Å². The van der Waals surface area contributed by atoms with Gasteiger partial charge in [-0.15, -0.1) is 0 Å². The van der Waals surface area contributed by atoms with E-state index in [-0.39, 0.29) is 23.4 Å². The summed E-state index contributed by atoms with van der Waals surface area (Å²) in [6, 6.07) is 4.23. The number of carbonyl (C=O) groups is 2. The predicted molar refractivity (Wildman–Crippen MR) is 88.1 cm³/mol. The molecule has 1 aromatic carbocycles. The molecule has 128 valence electrons. The highest BCUT2D eigenvalue weighted by Crippen LogP contribution is 2.27. The first-order valence-corrected chi connectivity index (χ1v) is 8.35. The van der Waals surface area contributed by atoms with Gasteiger partial charge in [0.15, 0.2) is 11.4 Å². The summed E-state index contributed by atoms with van der Waals surface area (Å²) in [6.45, 7) is 3.06. The van der Waals surface area contributed by atoms with Crippen molar-refractivity contribution in [1.29, 1.82) is 0 Å². The van der Waals surface area contributed by atoms with Crippen molar-refractivity contribution in [3.8, 4) is 0 Å². The number of nitrogens with one attached hydrogen (secondary N) is 1. The van der Waals surface area contributed by atoms with Gasteiger partial charge in [0.25, 0.3) is 5.91 Å². The van der Waals surface area contributed by atoms with Gasteiger partial charge in [-0.1, -0.05) is 0 Å². The number of amides is 2. The summed E-state index contributed by atoms with van der Waals surface area (Å²) in [5.41, 5.74) is 0.515. The second-order valence-corrected chi connectivity index (χ2v) is 6.06. The molecule has 1 N–H and O–H groups in total. The van der Waals surface area contributed by atoms with Crippen LogP contribution in [0.4, 0.5) is 4.39 Å². The molecule has 1 saturated heterocycles. The highest BCUT2D eigenvalue weighted by atomic mass is 19.1. The number of benzene rings is 1. The van der Waals surface area contributed by atoms with Crippen LogP contribution in [0.15, 0.2) is 28.9 Å². The molecule has 0 aliphatic carbocycles. The van der Waals surface area contributed by atoms with Gasteiger partial charge in [0, 0.05) is 30.9 Å². The maximum atomic E-state index is 13.8. The first-order valence-electron chi connectivity index (χ1n) is 8.35. The molecule has 24 heavy (non-hydrogen) atoms. The average Bonchev–Trinajstić information content (AvgIpc) is 3.06. The molecule has 2 aromatic rings. The molecule has 1 atom stereocenters. The second kappa shape index (κ2) is 7.03. The van der Waals surface area contributed by atoms with E-state index in [4.69, 9.17) is 4.42 Å². The Morgan fingerprint density at radius 2 is 2.17 bits per heavy atom. The molecule has 0 spiro atoms. The molecular formula is C18H21FN2O3. The summed E-state index contributed by atoms with van der Waals surface area (Å²) >= 11 is 0. The van der Waals surface area contributed by atoms with Crippen LogP contribution < -0.4 is 5.32 Å². The Kier molecular flexibility index (Phi) is 4.83. The van der Waals surface area contributed by atoms with Crippen molar-refractivity contribution in [2.24, 2.45) is 0 Å². The van der Waals surface area contributed by atoms with E-state index in [9.17, 15) is 14.0 Å². The van der Waals surface area contributed by atoms with E-state index in [1.165, 1.54) is 18.4 Å². The highest BCUT2D eigenvalue weighted by molar-refractivity contribution is 6.06. The molecule has 1 aromatic heterocycles. The molecule has 3 rings (SSSR count). The van der Waals surface area contributed by atoms with E-state index in [1.54, 1.807) is 11.0 Å². The zero-order valence-corrected chi connectivity index (χ0v) is 13.7. The highest BCUT2D eigenvalue weighted by Gasteiger charge is 2.30. The number of piperidine rings is 1. The Bertz CT molecular complexity index is 756. The third kappa shape index (κ3) is 3.13. The van der Waals surface area contributed by atoms with Crippen molar-refractivity contribution >= 4 is 22.8 Å². The van der Waals surface area contributed by atoms with Gasteiger partial charge in [-0.05, 0) is 44.4 Å². The molecule has 5 nitrogen and oxygen atoms in total. The summed E-state index contributed by atoms with van der Waals surface area (Å²) in [5, 5.41) is 3.26. The quantitative estimate of drug-likeness (QED) is 0.936. The Labute approximate surface area is 139 Å². The summed E-state index contributed by atoms with van der Waals surface area (Å²) in [6.07, 6.45) is 4.40. The van der Waals surface area contributed by atoms with Crippen LogP contribution >= 0.6 is 0 Å². The molecule has 1 aliphatic rings. The smallest absolute Gasteiger partial charge is 0.254 e. The lowest BCUT2D eigenvalue weighted by molar-refractivity contribution is -0.122. The largest absolute Gasteiger partial charge is 0.461 e. The summed E-state index contributed by atoms with van der Waals surface area (Å²) in [7, 11) is 0. The van der Waals surface area contributed by atoms with Crippen LogP contribution in [-0.2, 0) is 4.79 Å². The topological polar surface area (TPSA) is 62.6 Å². The minimum Gasteiger partial charge on any atom is -0.461 e. The maximum absolute atomic E-state index is 13.8. The predicted octanol–water partition coefficient (Wildman–Crippen LogP) is 3.09. The summed E-state index contributed by atoms with van der Waals surface area (Å²) < 4.78 is 18.9. The molecule has 1 aliphatic heterocycles. The average molecular weight is 332 g/mol. The van der Waals surface area contributed by atoms with Crippen molar-refractivity contribution in [2.45, 2.75) is 38.6 Å². The molecule has 6 heteroatoms. The van der Waals surface area contributed by atoms with Crippen LogP contribution in [0.5, 0.6) is 0 Å². The number of likely N-dealkylation sites (tertiary alicyclic amines) is 1. The number of hydrogen-bond donors (Lipinski definition) is 1. The van der Waals surface area contributed by atoms with E-state index >= 15 is 0 Å². The number of fused-ring (bicyclic) bond motifs is 1. The number of halogens is 1. The molecule has 0 unspecified atom stereocenters. The van der Waals surface area contributed by atoms with E-state index in [2.05, 4.69) is 5.32 Å². The van der Waals surface area contributed by atoms with Crippen molar-refractivity contribution in [1.82, 2.24) is 10.2 Å². The van der Waals surface area contributed by atoms with Gasteiger partial charge in [0.05, 0.1) is 11.8 Å². The molecule has 0 radical (unpaired) electrons. The Morgan fingerprint density at radius 3 is 2.96 bits per heavy atom.